The minimum Gasteiger partial charge on any atom is -0.483 e. The van der Waals surface area contributed by atoms with Gasteiger partial charge >= 0.3 is 5.97 Å². The van der Waals surface area contributed by atoms with Crippen molar-refractivity contribution in [2.45, 2.75) is 40.2 Å². The molecule has 1 rings (SSSR count). The Morgan fingerprint density at radius 3 is 2.41 bits per heavy atom. The van der Waals surface area contributed by atoms with Crippen molar-refractivity contribution in [3.8, 4) is 0 Å². The Hall–Kier alpha value is -2.03. The van der Waals surface area contributed by atoms with Crippen LogP contribution in [0.4, 0.5) is 0 Å². The lowest BCUT2D eigenvalue weighted by molar-refractivity contribution is -0.146. The normalized spacial score (nSPS) is 12.2. The molecule has 0 atom stereocenters. The van der Waals surface area contributed by atoms with Crippen molar-refractivity contribution in [1.82, 2.24) is 0 Å². The van der Waals surface area contributed by atoms with E-state index in [9.17, 15) is 4.79 Å². The van der Waals surface area contributed by atoms with Gasteiger partial charge in [0.2, 0.25) is 5.76 Å². The molecule has 120 valence electrons. The van der Waals surface area contributed by atoms with Crippen LogP contribution < -0.4 is 0 Å². The molecule has 0 radical (unpaired) electrons. The molecule has 1 aromatic carbocycles. The summed E-state index contributed by atoms with van der Waals surface area (Å²) in [6.45, 7) is 8.20. The van der Waals surface area contributed by atoms with E-state index in [1.54, 1.807) is 6.08 Å². The van der Waals surface area contributed by atoms with Gasteiger partial charge in [0.15, 0.2) is 0 Å². The van der Waals surface area contributed by atoms with E-state index in [1.165, 1.54) is 0 Å². The van der Waals surface area contributed by atoms with Crippen LogP contribution in [0, 0.1) is 5.92 Å². The van der Waals surface area contributed by atoms with E-state index >= 15 is 0 Å². The highest BCUT2D eigenvalue weighted by Crippen LogP contribution is 2.08. The van der Waals surface area contributed by atoms with Gasteiger partial charge in [-0.2, -0.15) is 0 Å². The van der Waals surface area contributed by atoms with Crippen molar-refractivity contribution in [1.29, 1.82) is 0 Å². The number of hydrogen-bond donors (Lipinski definition) is 0. The lowest BCUT2D eigenvalue weighted by Crippen LogP contribution is -2.16. The molecule has 3 nitrogen and oxygen atoms in total. The van der Waals surface area contributed by atoms with Gasteiger partial charge in [0, 0.05) is 0 Å². The van der Waals surface area contributed by atoms with Crippen molar-refractivity contribution >= 4 is 5.97 Å². The average Bonchev–Trinajstić information content (AvgIpc) is 2.46. The van der Waals surface area contributed by atoms with E-state index in [0.29, 0.717) is 18.9 Å². The zero-order valence-electron chi connectivity index (χ0n) is 13.9. The maximum Gasteiger partial charge on any atom is 0.373 e. The summed E-state index contributed by atoms with van der Waals surface area (Å²) in [4.78, 5) is 12.1. The molecule has 0 saturated heterocycles. The van der Waals surface area contributed by atoms with Crippen LogP contribution in [0.3, 0.4) is 0 Å². The van der Waals surface area contributed by atoms with Crippen molar-refractivity contribution < 1.29 is 14.3 Å². The molecule has 0 heterocycles. The zero-order chi connectivity index (χ0) is 16.4. The lowest BCUT2D eigenvalue weighted by atomic mass is 10.1. The highest BCUT2D eigenvalue weighted by Gasteiger charge is 2.13. The predicted octanol–water partition coefficient (Wildman–Crippen LogP) is 4.29. The van der Waals surface area contributed by atoms with Crippen molar-refractivity contribution in [3.63, 3.8) is 0 Å². The van der Waals surface area contributed by atoms with Gasteiger partial charge in [-0.3, -0.25) is 0 Å². The summed E-state index contributed by atoms with van der Waals surface area (Å²) in [6, 6.07) is 9.94. The Balaban J connectivity index is 2.70. The molecule has 0 fully saturated rings. The number of allylic oxidation sites excluding steroid dienone is 2. The lowest BCUT2D eigenvalue weighted by Gasteiger charge is -2.11. The van der Waals surface area contributed by atoms with E-state index in [4.69, 9.17) is 9.47 Å². The third-order valence-electron chi connectivity index (χ3n) is 2.77. The summed E-state index contributed by atoms with van der Waals surface area (Å²) in [7, 11) is 0. The molecular weight excluding hydrogens is 276 g/mol. The quantitative estimate of drug-likeness (QED) is 0.311. The summed E-state index contributed by atoms with van der Waals surface area (Å²) in [5.74, 6) is 0.317. The molecule has 0 bridgehead atoms. The minimum absolute atomic E-state index is 0.164. The van der Waals surface area contributed by atoms with Gasteiger partial charge in [-0.1, -0.05) is 56.3 Å². The first kappa shape index (κ1) is 18.0. The number of carbonyl (C=O) groups is 1. The third-order valence-corrected chi connectivity index (χ3v) is 2.77. The Bertz CT molecular complexity index is 499. The molecule has 22 heavy (non-hydrogen) atoms. The van der Waals surface area contributed by atoms with Crippen molar-refractivity contribution in [2.75, 3.05) is 6.61 Å². The first-order valence-electron chi connectivity index (χ1n) is 7.73. The molecule has 0 amide bonds. The van der Waals surface area contributed by atoms with E-state index in [2.05, 4.69) is 13.8 Å². The van der Waals surface area contributed by atoms with Gasteiger partial charge in [0.1, 0.15) is 6.61 Å². The second-order valence-electron chi connectivity index (χ2n) is 5.70. The highest BCUT2D eigenvalue weighted by atomic mass is 16.6. The molecule has 0 aliphatic carbocycles. The van der Waals surface area contributed by atoms with Gasteiger partial charge in [-0.15, -0.1) is 0 Å². The number of esters is 1. The predicted molar refractivity (Wildman–Crippen MR) is 89.4 cm³/mol. The van der Waals surface area contributed by atoms with Crippen molar-refractivity contribution in [3.05, 3.63) is 59.9 Å². The summed E-state index contributed by atoms with van der Waals surface area (Å²) in [6.07, 6.45) is 6.22. The van der Waals surface area contributed by atoms with Crippen LogP contribution in [0.2, 0.25) is 0 Å². The Morgan fingerprint density at radius 2 is 1.82 bits per heavy atom. The van der Waals surface area contributed by atoms with E-state index in [-0.39, 0.29) is 11.9 Å². The fraction of sp³-hybridized carbons (Fsp3) is 0.421. The van der Waals surface area contributed by atoms with E-state index < -0.39 is 5.97 Å². The zero-order valence-corrected chi connectivity index (χ0v) is 13.9. The minimum atomic E-state index is -0.413. The summed E-state index contributed by atoms with van der Waals surface area (Å²) in [5, 5.41) is 0. The maximum atomic E-state index is 12.1. The molecular formula is C19H26O3. The molecule has 0 saturated carbocycles. The largest absolute Gasteiger partial charge is 0.483 e. The third kappa shape index (κ3) is 7.67. The second-order valence-corrected chi connectivity index (χ2v) is 5.70. The smallest absolute Gasteiger partial charge is 0.373 e. The number of rotatable bonds is 8. The van der Waals surface area contributed by atoms with Crippen LogP contribution in [-0.2, 0) is 20.7 Å². The van der Waals surface area contributed by atoms with Gasteiger partial charge in [-0.05, 0) is 37.8 Å². The SMILES string of the molecule is CC(C)/C=C\CO/C(=C\Cc1ccccc1)C(=O)OC(C)C. The maximum absolute atomic E-state index is 12.1. The number of benzene rings is 1. The average molecular weight is 302 g/mol. The molecule has 0 unspecified atom stereocenters. The number of hydrogen-bond acceptors (Lipinski definition) is 3. The van der Waals surface area contributed by atoms with Gasteiger partial charge < -0.3 is 9.47 Å². The summed E-state index contributed by atoms with van der Waals surface area (Å²) >= 11 is 0. The van der Waals surface area contributed by atoms with E-state index in [0.717, 1.165) is 5.56 Å². The van der Waals surface area contributed by atoms with Crippen LogP contribution in [0.1, 0.15) is 33.3 Å². The first-order valence-corrected chi connectivity index (χ1v) is 7.73. The Labute approximate surface area is 133 Å². The second kappa shape index (κ2) is 9.82. The molecule has 0 aliphatic heterocycles. The molecule has 0 spiro atoms. The fourth-order valence-corrected chi connectivity index (χ4v) is 1.76. The van der Waals surface area contributed by atoms with Crippen LogP contribution in [0.5, 0.6) is 0 Å². The number of ether oxygens (including phenoxy) is 2. The molecule has 0 aliphatic rings. The monoisotopic (exact) mass is 302 g/mol. The first-order chi connectivity index (χ1) is 10.5. The molecule has 3 heteroatoms. The molecule has 0 aromatic heterocycles. The topological polar surface area (TPSA) is 35.5 Å². The summed E-state index contributed by atoms with van der Waals surface area (Å²) in [5.41, 5.74) is 1.12. The number of carbonyl (C=O) groups excluding carboxylic acids is 1. The Morgan fingerprint density at radius 1 is 1.14 bits per heavy atom. The van der Waals surface area contributed by atoms with Crippen LogP contribution in [0.25, 0.3) is 0 Å². The van der Waals surface area contributed by atoms with Crippen LogP contribution in [0.15, 0.2) is 54.3 Å². The van der Waals surface area contributed by atoms with E-state index in [1.807, 2.05) is 56.3 Å². The van der Waals surface area contributed by atoms with Crippen LogP contribution in [-0.4, -0.2) is 18.7 Å². The standard InChI is InChI=1S/C19H26O3/c1-15(2)9-8-14-21-18(19(20)22-16(3)4)13-12-17-10-6-5-7-11-17/h5-11,13,15-16H,12,14H2,1-4H3/b9-8-,18-13-. The molecule has 1 aromatic rings. The molecule has 0 N–H and O–H groups in total. The fourth-order valence-electron chi connectivity index (χ4n) is 1.76. The van der Waals surface area contributed by atoms with Gasteiger partial charge in [-0.25, -0.2) is 4.79 Å². The summed E-state index contributed by atoms with van der Waals surface area (Å²) < 4.78 is 10.8. The highest BCUT2D eigenvalue weighted by molar-refractivity contribution is 5.86. The van der Waals surface area contributed by atoms with Crippen molar-refractivity contribution in [2.24, 2.45) is 5.92 Å². The van der Waals surface area contributed by atoms with Gasteiger partial charge in [0.05, 0.1) is 6.10 Å². The Kier molecular flexibility index (Phi) is 8.05. The van der Waals surface area contributed by atoms with Gasteiger partial charge in [0.25, 0.3) is 0 Å². The van der Waals surface area contributed by atoms with Crippen LogP contribution >= 0.6 is 0 Å².